The normalized spacial score (nSPS) is 17.6. The highest BCUT2D eigenvalue weighted by atomic mass is 19.1. The molecule has 2 rings (SSSR count). The van der Waals surface area contributed by atoms with E-state index in [2.05, 4.69) is 6.07 Å². The maximum atomic E-state index is 14.0. The SMILES string of the molecule is Cc1cccc(C(=O)N2CCN(C(C)C#N)CC2)c1F. The molecule has 5 heteroatoms. The average Bonchev–Trinajstić information content (AvgIpc) is 2.48. The summed E-state index contributed by atoms with van der Waals surface area (Å²) < 4.78 is 14.0. The third-order valence-corrected chi connectivity index (χ3v) is 3.76. The van der Waals surface area contributed by atoms with Crippen LogP contribution in [-0.2, 0) is 0 Å². The number of nitrogens with zero attached hydrogens (tertiary/aromatic N) is 3. The Morgan fingerprint density at radius 1 is 1.35 bits per heavy atom. The highest BCUT2D eigenvalue weighted by Crippen LogP contribution is 2.16. The molecule has 1 amide bonds. The zero-order valence-electron chi connectivity index (χ0n) is 11.8. The van der Waals surface area contributed by atoms with Crippen molar-refractivity contribution in [3.63, 3.8) is 0 Å². The smallest absolute Gasteiger partial charge is 0.256 e. The van der Waals surface area contributed by atoms with E-state index in [0.717, 1.165) is 0 Å². The molecule has 0 aromatic heterocycles. The van der Waals surface area contributed by atoms with Crippen molar-refractivity contribution in [1.29, 1.82) is 5.26 Å². The van der Waals surface area contributed by atoms with E-state index in [1.54, 1.807) is 24.0 Å². The molecule has 1 aliphatic heterocycles. The van der Waals surface area contributed by atoms with Gasteiger partial charge in [-0.1, -0.05) is 12.1 Å². The monoisotopic (exact) mass is 275 g/mol. The van der Waals surface area contributed by atoms with E-state index in [9.17, 15) is 9.18 Å². The van der Waals surface area contributed by atoms with E-state index >= 15 is 0 Å². The molecule has 0 radical (unpaired) electrons. The number of hydrogen-bond donors (Lipinski definition) is 0. The van der Waals surface area contributed by atoms with Gasteiger partial charge >= 0.3 is 0 Å². The number of hydrogen-bond acceptors (Lipinski definition) is 3. The zero-order valence-corrected chi connectivity index (χ0v) is 11.8. The number of aryl methyl sites for hydroxylation is 1. The molecular formula is C15H18FN3O. The Balaban J connectivity index is 2.06. The van der Waals surface area contributed by atoms with Gasteiger partial charge in [0.2, 0.25) is 0 Å². The van der Waals surface area contributed by atoms with Gasteiger partial charge < -0.3 is 4.90 Å². The third-order valence-electron chi connectivity index (χ3n) is 3.76. The third kappa shape index (κ3) is 2.81. The molecule has 0 N–H and O–H groups in total. The molecule has 1 unspecified atom stereocenters. The molecule has 1 aromatic carbocycles. The summed E-state index contributed by atoms with van der Waals surface area (Å²) in [5, 5.41) is 8.89. The van der Waals surface area contributed by atoms with E-state index in [0.29, 0.717) is 31.7 Å². The highest BCUT2D eigenvalue weighted by molar-refractivity contribution is 5.94. The average molecular weight is 275 g/mol. The van der Waals surface area contributed by atoms with Crippen LogP contribution in [0, 0.1) is 24.1 Å². The van der Waals surface area contributed by atoms with Crippen molar-refractivity contribution < 1.29 is 9.18 Å². The first-order chi connectivity index (χ1) is 9.54. The van der Waals surface area contributed by atoms with Crippen molar-refractivity contribution in [1.82, 2.24) is 9.80 Å². The largest absolute Gasteiger partial charge is 0.336 e. The summed E-state index contributed by atoms with van der Waals surface area (Å²) in [4.78, 5) is 16.0. The number of rotatable bonds is 2. The lowest BCUT2D eigenvalue weighted by Gasteiger charge is -2.36. The van der Waals surface area contributed by atoms with Crippen molar-refractivity contribution in [2.75, 3.05) is 26.2 Å². The van der Waals surface area contributed by atoms with Gasteiger partial charge in [-0.15, -0.1) is 0 Å². The fourth-order valence-corrected chi connectivity index (χ4v) is 2.38. The Hall–Kier alpha value is -1.93. The molecule has 0 spiro atoms. The van der Waals surface area contributed by atoms with Crippen LogP contribution in [0.4, 0.5) is 4.39 Å². The minimum absolute atomic E-state index is 0.131. The molecule has 1 aliphatic rings. The van der Waals surface area contributed by atoms with E-state index in [1.807, 2.05) is 11.8 Å². The van der Waals surface area contributed by atoms with Crippen LogP contribution in [-0.4, -0.2) is 47.9 Å². The first-order valence-electron chi connectivity index (χ1n) is 6.72. The topological polar surface area (TPSA) is 47.3 Å². The molecule has 1 aromatic rings. The fraction of sp³-hybridized carbons (Fsp3) is 0.467. The standard InChI is InChI=1S/C15H18FN3O/c1-11-4-3-5-13(14(11)16)15(20)19-8-6-18(7-9-19)12(2)10-17/h3-5,12H,6-9H2,1-2H3. The summed E-state index contributed by atoms with van der Waals surface area (Å²) in [6, 6.07) is 6.91. The number of nitriles is 1. The minimum atomic E-state index is -0.440. The number of carbonyl (C=O) groups excluding carboxylic acids is 1. The van der Waals surface area contributed by atoms with Gasteiger partial charge in [-0.3, -0.25) is 9.69 Å². The van der Waals surface area contributed by atoms with Gasteiger partial charge in [0.05, 0.1) is 17.7 Å². The molecule has 4 nitrogen and oxygen atoms in total. The van der Waals surface area contributed by atoms with Crippen LogP contribution < -0.4 is 0 Å². The summed E-state index contributed by atoms with van der Waals surface area (Å²) >= 11 is 0. The lowest BCUT2D eigenvalue weighted by molar-refractivity contribution is 0.0611. The minimum Gasteiger partial charge on any atom is -0.336 e. The van der Waals surface area contributed by atoms with Crippen molar-refractivity contribution in [2.45, 2.75) is 19.9 Å². The van der Waals surface area contributed by atoms with Crippen LogP contribution in [0.5, 0.6) is 0 Å². The molecular weight excluding hydrogens is 257 g/mol. The molecule has 0 saturated carbocycles. The van der Waals surface area contributed by atoms with Gasteiger partial charge in [-0.25, -0.2) is 4.39 Å². The summed E-state index contributed by atoms with van der Waals surface area (Å²) in [7, 11) is 0. The number of halogens is 1. The van der Waals surface area contributed by atoms with Gasteiger partial charge in [0.1, 0.15) is 5.82 Å². The van der Waals surface area contributed by atoms with Crippen LogP contribution in [0.3, 0.4) is 0 Å². The van der Waals surface area contributed by atoms with Crippen molar-refractivity contribution in [3.05, 3.63) is 35.1 Å². The van der Waals surface area contributed by atoms with Crippen molar-refractivity contribution >= 4 is 5.91 Å². The lowest BCUT2D eigenvalue weighted by Crippen LogP contribution is -2.51. The van der Waals surface area contributed by atoms with Crippen LogP contribution in [0.15, 0.2) is 18.2 Å². The lowest BCUT2D eigenvalue weighted by atomic mass is 10.1. The molecule has 1 saturated heterocycles. The number of benzene rings is 1. The Labute approximate surface area is 118 Å². The quantitative estimate of drug-likeness (QED) is 0.827. The number of carbonyl (C=O) groups is 1. The molecule has 1 heterocycles. The van der Waals surface area contributed by atoms with Gasteiger partial charge in [0.15, 0.2) is 0 Å². The van der Waals surface area contributed by atoms with Gasteiger partial charge in [-0.05, 0) is 25.5 Å². The highest BCUT2D eigenvalue weighted by Gasteiger charge is 2.26. The van der Waals surface area contributed by atoms with Crippen molar-refractivity contribution in [3.8, 4) is 6.07 Å². The van der Waals surface area contributed by atoms with Gasteiger partial charge in [0.25, 0.3) is 5.91 Å². The summed E-state index contributed by atoms with van der Waals surface area (Å²) in [6.07, 6.45) is 0. The Morgan fingerprint density at radius 3 is 2.60 bits per heavy atom. The predicted octanol–water partition coefficient (Wildman–Crippen LogP) is 1.80. The first-order valence-corrected chi connectivity index (χ1v) is 6.72. The maximum absolute atomic E-state index is 14.0. The predicted molar refractivity (Wildman–Crippen MR) is 73.7 cm³/mol. The van der Waals surface area contributed by atoms with Gasteiger partial charge in [-0.2, -0.15) is 5.26 Å². The summed E-state index contributed by atoms with van der Waals surface area (Å²) in [6.45, 7) is 5.84. The van der Waals surface area contributed by atoms with Gasteiger partial charge in [0, 0.05) is 26.2 Å². The van der Waals surface area contributed by atoms with Crippen LogP contribution in [0.1, 0.15) is 22.8 Å². The number of amides is 1. The number of piperazine rings is 1. The van der Waals surface area contributed by atoms with Crippen molar-refractivity contribution in [2.24, 2.45) is 0 Å². The van der Waals surface area contributed by atoms with Crippen LogP contribution >= 0.6 is 0 Å². The second kappa shape index (κ2) is 6.02. The Kier molecular flexibility index (Phi) is 4.35. The van der Waals surface area contributed by atoms with E-state index in [-0.39, 0.29) is 17.5 Å². The van der Waals surface area contributed by atoms with E-state index in [4.69, 9.17) is 5.26 Å². The first kappa shape index (κ1) is 14.5. The Bertz CT molecular complexity index is 545. The molecule has 1 atom stereocenters. The molecule has 0 bridgehead atoms. The zero-order chi connectivity index (χ0) is 14.7. The van der Waals surface area contributed by atoms with Crippen LogP contribution in [0.2, 0.25) is 0 Å². The van der Waals surface area contributed by atoms with E-state index < -0.39 is 5.82 Å². The second-order valence-corrected chi connectivity index (χ2v) is 5.07. The van der Waals surface area contributed by atoms with E-state index in [1.165, 1.54) is 6.07 Å². The Morgan fingerprint density at radius 2 is 2.00 bits per heavy atom. The second-order valence-electron chi connectivity index (χ2n) is 5.07. The fourth-order valence-electron chi connectivity index (χ4n) is 2.38. The molecule has 106 valence electrons. The summed E-state index contributed by atoms with van der Waals surface area (Å²) in [5.74, 6) is -0.708. The molecule has 20 heavy (non-hydrogen) atoms. The molecule has 1 fully saturated rings. The summed E-state index contributed by atoms with van der Waals surface area (Å²) in [5.41, 5.74) is 0.611. The maximum Gasteiger partial charge on any atom is 0.256 e. The molecule has 0 aliphatic carbocycles. The van der Waals surface area contributed by atoms with Crippen LogP contribution in [0.25, 0.3) is 0 Å².